The molecule has 3 heterocycles. The first kappa shape index (κ1) is 21.5. The Balaban J connectivity index is 1.57. The van der Waals surface area contributed by atoms with E-state index in [4.69, 9.17) is 9.72 Å². The van der Waals surface area contributed by atoms with E-state index < -0.39 is 0 Å². The summed E-state index contributed by atoms with van der Waals surface area (Å²) in [5.41, 5.74) is 4.91. The van der Waals surface area contributed by atoms with Crippen LogP contribution in [0.3, 0.4) is 0 Å². The zero-order chi connectivity index (χ0) is 22.4. The van der Waals surface area contributed by atoms with Gasteiger partial charge in [0, 0.05) is 30.2 Å². The number of benzene rings is 2. The molecule has 2 aliphatic rings. The monoisotopic (exact) mass is 465 g/mol. The number of rotatable bonds is 3. The molecule has 166 valence electrons. The molecule has 0 bridgehead atoms. The second-order valence-corrected chi connectivity index (χ2v) is 10.2. The Morgan fingerprint density at radius 1 is 1.12 bits per heavy atom. The molecule has 0 radical (unpaired) electrons. The van der Waals surface area contributed by atoms with E-state index in [0.29, 0.717) is 18.1 Å². The van der Waals surface area contributed by atoms with E-state index >= 15 is 0 Å². The van der Waals surface area contributed by atoms with Crippen molar-refractivity contribution in [2.45, 2.75) is 44.3 Å². The number of amides is 1. The summed E-state index contributed by atoms with van der Waals surface area (Å²) in [4.78, 5) is 24.5. The molecule has 5 nitrogen and oxygen atoms in total. The van der Waals surface area contributed by atoms with Crippen LogP contribution in [-0.2, 0) is 11.2 Å². The van der Waals surface area contributed by atoms with Gasteiger partial charge in [-0.1, -0.05) is 24.3 Å². The summed E-state index contributed by atoms with van der Waals surface area (Å²) in [6.07, 6.45) is 1.03. The van der Waals surface area contributed by atoms with Gasteiger partial charge in [0.2, 0.25) is 0 Å². The van der Waals surface area contributed by atoms with Crippen molar-refractivity contribution in [2.24, 2.45) is 0 Å². The number of fused-ring (bicyclic) bond motifs is 1. The Kier molecular flexibility index (Phi) is 5.73. The molecule has 0 aliphatic carbocycles. The molecule has 1 amide bonds. The van der Waals surface area contributed by atoms with Gasteiger partial charge >= 0.3 is 0 Å². The highest BCUT2D eigenvalue weighted by molar-refractivity contribution is 7.80. The summed E-state index contributed by atoms with van der Waals surface area (Å²) >= 11 is 5.91. The van der Waals surface area contributed by atoms with E-state index in [9.17, 15) is 4.79 Å². The zero-order valence-corrected chi connectivity index (χ0v) is 20.2. The summed E-state index contributed by atoms with van der Waals surface area (Å²) < 4.78 is 5.82. The van der Waals surface area contributed by atoms with Crippen molar-refractivity contribution in [3.8, 4) is 10.4 Å². The third-order valence-corrected chi connectivity index (χ3v) is 7.53. The molecule has 7 heteroatoms. The fourth-order valence-electron chi connectivity index (χ4n) is 4.70. The van der Waals surface area contributed by atoms with Gasteiger partial charge in [0.1, 0.15) is 0 Å². The van der Waals surface area contributed by atoms with Crippen LogP contribution in [0.25, 0.3) is 10.4 Å². The van der Waals surface area contributed by atoms with Crippen molar-refractivity contribution >= 4 is 41.4 Å². The predicted molar refractivity (Wildman–Crippen MR) is 133 cm³/mol. The second-order valence-electron chi connectivity index (χ2n) is 8.66. The molecular formula is C25H27N3O2S2. The number of morpholine rings is 1. The van der Waals surface area contributed by atoms with Crippen molar-refractivity contribution in [1.29, 1.82) is 0 Å². The summed E-state index contributed by atoms with van der Waals surface area (Å²) in [6.45, 7) is 8.22. The summed E-state index contributed by atoms with van der Waals surface area (Å²) in [7, 11) is 0. The number of hydrogen-bond acceptors (Lipinski definition) is 6. The lowest BCUT2D eigenvalue weighted by molar-refractivity contribution is -0.0586. The van der Waals surface area contributed by atoms with Crippen LogP contribution < -0.4 is 4.90 Å². The first-order valence-corrected chi connectivity index (χ1v) is 12.3. The van der Waals surface area contributed by atoms with Gasteiger partial charge < -0.3 is 14.5 Å². The maximum Gasteiger partial charge on any atom is 0.283 e. The van der Waals surface area contributed by atoms with Crippen molar-refractivity contribution in [1.82, 2.24) is 9.88 Å². The number of hydrogen-bond donors (Lipinski definition) is 1. The average Bonchev–Trinajstić information content (AvgIpc) is 3.38. The number of ether oxygens (including phenoxy) is 1. The summed E-state index contributed by atoms with van der Waals surface area (Å²) in [5, 5.41) is 0.535. The van der Waals surface area contributed by atoms with Crippen LogP contribution in [0.4, 0.5) is 11.5 Å². The fraction of sp³-hybridized carbons (Fsp3) is 0.360. The maximum atomic E-state index is 13.4. The Morgan fingerprint density at radius 3 is 2.56 bits per heavy atom. The van der Waals surface area contributed by atoms with E-state index in [0.717, 1.165) is 34.1 Å². The zero-order valence-electron chi connectivity index (χ0n) is 18.5. The smallest absolute Gasteiger partial charge is 0.283 e. The molecule has 32 heavy (non-hydrogen) atoms. The summed E-state index contributed by atoms with van der Waals surface area (Å²) in [6, 6.07) is 14.5. The molecule has 0 spiro atoms. The van der Waals surface area contributed by atoms with Crippen LogP contribution in [0.5, 0.6) is 0 Å². The van der Waals surface area contributed by atoms with Crippen molar-refractivity contribution in [3.05, 3.63) is 58.6 Å². The van der Waals surface area contributed by atoms with Gasteiger partial charge in [0.15, 0.2) is 10.8 Å². The molecule has 2 unspecified atom stereocenters. The molecule has 1 saturated heterocycles. The number of carbonyl (C=O) groups excluding carboxylic acids is 1. The van der Waals surface area contributed by atoms with Crippen LogP contribution in [0, 0.1) is 6.92 Å². The van der Waals surface area contributed by atoms with Gasteiger partial charge in [-0.15, -0.1) is 24.0 Å². The van der Waals surface area contributed by atoms with E-state index in [1.807, 2.05) is 30.9 Å². The standard InChI is InChI=1S/C25H27N3O2S2/c1-15-5-4-6-21-20(15)11-12-28(21)23-22(18-7-9-19(31)10-8-18)32-24(26-23)25(29)27-13-16(2)30-17(3)14-27/h4-10,16-17,31H,11-14H2,1-3H3. The maximum absolute atomic E-state index is 13.4. The van der Waals surface area contributed by atoms with Gasteiger partial charge in [-0.05, 0) is 62.1 Å². The van der Waals surface area contributed by atoms with Gasteiger partial charge in [-0.25, -0.2) is 4.98 Å². The van der Waals surface area contributed by atoms with Crippen LogP contribution in [-0.4, -0.2) is 47.6 Å². The average molecular weight is 466 g/mol. The highest BCUT2D eigenvalue weighted by Gasteiger charge is 2.32. The lowest BCUT2D eigenvalue weighted by Gasteiger charge is -2.34. The van der Waals surface area contributed by atoms with E-state index in [1.165, 1.54) is 28.2 Å². The molecule has 3 aromatic rings. The number of nitrogens with zero attached hydrogens (tertiary/aromatic N) is 3. The third-order valence-electron chi connectivity index (χ3n) is 6.15. The molecular weight excluding hydrogens is 438 g/mol. The Labute approximate surface area is 198 Å². The first-order valence-electron chi connectivity index (χ1n) is 11.0. The van der Waals surface area contributed by atoms with Crippen LogP contribution in [0.2, 0.25) is 0 Å². The van der Waals surface area contributed by atoms with Crippen molar-refractivity contribution < 1.29 is 9.53 Å². The van der Waals surface area contributed by atoms with Crippen molar-refractivity contribution in [2.75, 3.05) is 24.5 Å². The highest BCUT2D eigenvalue weighted by atomic mass is 32.1. The molecule has 2 atom stereocenters. The molecule has 2 aliphatic heterocycles. The minimum absolute atomic E-state index is 0.0148. The molecule has 5 rings (SSSR count). The normalized spacial score (nSPS) is 20.5. The van der Waals surface area contributed by atoms with Crippen molar-refractivity contribution in [3.63, 3.8) is 0 Å². The van der Waals surface area contributed by atoms with Gasteiger partial charge in [0.05, 0.1) is 17.1 Å². The van der Waals surface area contributed by atoms with E-state index in [-0.39, 0.29) is 18.1 Å². The third kappa shape index (κ3) is 3.93. The quantitative estimate of drug-likeness (QED) is 0.530. The first-order chi connectivity index (χ1) is 15.4. The van der Waals surface area contributed by atoms with Crippen LogP contribution >= 0.6 is 24.0 Å². The predicted octanol–water partition coefficient (Wildman–Crippen LogP) is 5.35. The molecule has 0 N–H and O–H groups in total. The van der Waals surface area contributed by atoms with Crippen LogP contribution in [0.15, 0.2) is 47.4 Å². The topological polar surface area (TPSA) is 45.7 Å². The number of thiazole rings is 1. The fourth-order valence-corrected chi connectivity index (χ4v) is 5.89. The Morgan fingerprint density at radius 2 is 1.84 bits per heavy atom. The molecule has 0 saturated carbocycles. The minimum atomic E-state index is -0.0148. The lowest BCUT2D eigenvalue weighted by Crippen LogP contribution is -2.48. The van der Waals surface area contributed by atoms with E-state index in [2.05, 4.69) is 54.8 Å². The number of aryl methyl sites for hydroxylation is 1. The Bertz CT molecular complexity index is 1150. The molecule has 1 aromatic heterocycles. The van der Waals surface area contributed by atoms with Gasteiger partial charge in [-0.2, -0.15) is 0 Å². The molecule has 1 fully saturated rings. The largest absolute Gasteiger partial charge is 0.372 e. The van der Waals surface area contributed by atoms with Gasteiger partial charge in [-0.3, -0.25) is 4.79 Å². The number of anilines is 2. The van der Waals surface area contributed by atoms with Gasteiger partial charge in [0.25, 0.3) is 5.91 Å². The number of aromatic nitrogens is 1. The molecule has 2 aromatic carbocycles. The SMILES string of the molecule is Cc1cccc2c1CCN2c1nc(C(=O)N2CC(C)OC(C)C2)sc1-c1ccc(S)cc1. The summed E-state index contributed by atoms with van der Waals surface area (Å²) in [5.74, 6) is 0.850. The number of thiol groups is 1. The minimum Gasteiger partial charge on any atom is -0.372 e. The van der Waals surface area contributed by atoms with Crippen LogP contribution in [0.1, 0.15) is 34.8 Å². The number of carbonyl (C=O) groups is 1. The lowest BCUT2D eigenvalue weighted by atomic mass is 10.1. The highest BCUT2D eigenvalue weighted by Crippen LogP contribution is 2.43. The Hall–Kier alpha value is -2.35. The van der Waals surface area contributed by atoms with E-state index in [1.54, 1.807) is 0 Å². The second kappa shape index (κ2) is 8.54.